The number of ketones is 1. The Morgan fingerprint density at radius 2 is 1.91 bits per heavy atom. The lowest BCUT2D eigenvalue weighted by Gasteiger charge is -2.02. The van der Waals surface area contributed by atoms with Gasteiger partial charge >= 0.3 is 0 Å². The number of hydrogen-bond donors (Lipinski definition) is 0. The number of carbonyl (C=O) groups is 1. The number of hydrogen-bond acceptors (Lipinski definition) is 4. The molecule has 1 aromatic carbocycles. The lowest BCUT2D eigenvalue weighted by atomic mass is 10.1. The second-order valence-electron chi connectivity index (χ2n) is 5.73. The van der Waals surface area contributed by atoms with Gasteiger partial charge in [-0.25, -0.2) is 0 Å². The quantitative estimate of drug-likeness (QED) is 0.695. The second kappa shape index (κ2) is 5.79. The standard InChI is InChI=1S/C17H19N5O/c1-11-7-5-6-8-14(11)17-18-20-22(19-17)10-16(23)15-9-12(2)21(4)13(15)3/h5-9H,10H2,1-4H3. The van der Waals surface area contributed by atoms with Gasteiger partial charge in [0.2, 0.25) is 5.82 Å². The first-order valence-electron chi connectivity index (χ1n) is 7.47. The van der Waals surface area contributed by atoms with Gasteiger partial charge in [-0.2, -0.15) is 4.80 Å². The molecule has 0 amide bonds. The SMILES string of the molecule is Cc1ccccc1-c1nnn(CC(=O)c2cc(C)n(C)c2C)n1. The molecule has 0 bridgehead atoms. The van der Waals surface area contributed by atoms with E-state index in [2.05, 4.69) is 15.4 Å². The molecule has 0 saturated heterocycles. The third kappa shape index (κ3) is 2.79. The maximum atomic E-state index is 12.5. The van der Waals surface area contributed by atoms with Crippen molar-refractivity contribution in [2.75, 3.05) is 0 Å². The zero-order valence-electron chi connectivity index (χ0n) is 13.7. The molecule has 3 aromatic rings. The summed E-state index contributed by atoms with van der Waals surface area (Å²) in [6, 6.07) is 9.74. The van der Waals surface area contributed by atoms with E-state index in [-0.39, 0.29) is 12.3 Å². The Kier molecular flexibility index (Phi) is 3.82. The number of benzene rings is 1. The summed E-state index contributed by atoms with van der Waals surface area (Å²) >= 11 is 0. The fourth-order valence-electron chi connectivity index (χ4n) is 2.59. The van der Waals surface area contributed by atoms with Crippen molar-refractivity contribution in [3.8, 4) is 11.4 Å². The van der Waals surface area contributed by atoms with Crippen LogP contribution in [0.1, 0.15) is 27.3 Å². The summed E-state index contributed by atoms with van der Waals surface area (Å²) in [4.78, 5) is 13.8. The van der Waals surface area contributed by atoms with Crippen LogP contribution in [0.15, 0.2) is 30.3 Å². The average Bonchev–Trinajstić information content (AvgIpc) is 3.08. The summed E-state index contributed by atoms with van der Waals surface area (Å²) in [6.45, 7) is 6.00. The molecule has 2 heterocycles. The lowest BCUT2D eigenvalue weighted by molar-refractivity contribution is 0.0960. The predicted octanol–water partition coefficient (Wildman–Crippen LogP) is 2.49. The van der Waals surface area contributed by atoms with E-state index < -0.39 is 0 Å². The maximum Gasteiger partial charge on any atom is 0.205 e. The van der Waals surface area contributed by atoms with Crippen LogP contribution in [0.2, 0.25) is 0 Å². The number of nitrogens with zero attached hydrogens (tertiary/aromatic N) is 5. The maximum absolute atomic E-state index is 12.5. The van der Waals surface area contributed by atoms with E-state index in [1.165, 1.54) is 4.80 Å². The summed E-state index contributed by atoms with van der Waals surface area (Å²) in [5.74, 6) is 0.525. The van der Waals surface area contributed by atoms with Gasteiger partial charge in [0.15, 0.2) is 5.78 Å². The molecule has 3 rings (SSSR count). The minimum atomic E-state index is -0.0140. The molecule has 0 spiro atoms. The van der Waals surface area contributed by atoms with Crippen LogP contribution in [0.5, 0.6) is 0 Å². The molecule has 0 aliphatic rings. The number of rotatable bonds is 4. The van der Waals surface area contributed by atoms with Crippen LogP contribution >= 0.6 is 0 Å². The summed E-state index contributed by atoms with van der Waals surface area (Å²) in [5, 5.41) is 12.4. The van der Waals surface area contributed by atoms with Crippen LogP contribution in [0.3, 0.4) is 0 Å². The van der Waals surface area contributed by atoms with Crippen LogP contribution in [0, 0.1) is 20.8 Å². The summed E-state index contributed by atoms with van der Waals surface area (Å²) < 4.78 is 2.00. The first-order chi connectivity index (χ1) is 11.0. The van der Waals surface area contributed by atoms with Gasteiger partial charge in [0.25, 0.3) is 0 Å². The Morgan fingerprint density at radius 3 is 2.57 bits per heavy atom. The van der Waals surface area contributed by atoms with Gasteiger partial charge in [-0.15, -0.1) is 10.2 Å². The van der Waals surface area contributed by atoms with Crippen molar-refractivity contribution in [3.63, 3.8) is 0 Å². The summed E-state index contributed by atoms with van der Waals surface area (Å²) in [5.41, 5.74) is 4.72. The van der Waals surface area contributed by atoms with Crippen LogP contribution < -0.4 is 0 Å². The number of Topliss-reactive ketones (excluding diaryl/α,β-unsaturated/α-hetero) is 1. The summed E-state index contributed by atoms with van der Waals surface area (Å²) in [7, 11) is 1.95. The van der Waals surface area contributed by atoms with Gasteiger partial charge in [0.05, 0.1) is 0 Å². The fraction of sp³-hybridized carbons (Fsp3) is 0.294. The van der Waals surface area contributed by atoms with E-state index in [1.807, 2.05) is 62.7 Å². The minimum absolute atomic E-state index is 0.0140. The zero-order chi connectivity index (χ0) is 16.6. The molecule has 0 aliphatic heterocycles. The normalized spacial score (nSPS) is 11.0. The first kappa shape index (κ1) is 15.1. The van der Waals surface area contributed by atoms with Gasteiger partial charge in [-0.05, 0) is 37.6 Å². The first-order valence-corrected chi connectivity index (χ1v) is 7.47. The molecule has 23 heavy (non-hydrogen) atoms. The molecule has 118 valence electrons. The third-order valence-corrected chi connectivity index (χ3v) is 4.20. The van der Waals surface area contributed by atoms with Crippen LogP contribution in [0.4, 0.5) is 0 Å². The highest BCUT2D eigenvalue weighted by molar-refractivity contribution is 5.97. The number of aryl methyl sites for hydroxylation is 2. The average molecular weight is 309 g/mol. The van der Waals surface area contributed by atoms with Crippen LogP contribution in [-0.4, -0.2) is 30.6 Å². The molecule has 0 fully saturated rings. The van der Waals surface area contributed by atoms with Crippen molar-refractivity contribution in [3.05, 3.63) is 52.8 Å². The Hall–Kier alpha value is -2.76. The van der Waals surface area contributed by atoms with Gasteiger partial charge in [0, 0.05) is 29.6 Å². The predicted molar refractivity (Wildman–Crippen MR) is 87.2 cm³/mol. The molecule has 0 N–H and O–H groups in total. The van der Waals surface area contributed by atoms with E-state index in [9.17, 15) is 4.79 Å². The Morgan fingerprint density at radius 1 is 1.17 bits per heavy atom. The lowest BCUT2D eigenvalue weighted by Crippen LogP contribution is -2.14. The smallest absolute Gasteiger partial charge is 0.205 e. The highest BCUT2D eigenvalue weighted by Gasteiger charge is 2.16. The molecule has 0 unspecified atom stereocenters. The highest BCUT2D eigenvalue weighted by Crippen LogP contribution is 2.18. The van der Waals surface area contributed by atoms with Gasteiger partial charge in [0.1, 0.15) is 6.54 Å². The zero-order valence-corrected chi connectivity index (χ0v) is 13.7. The number of aromatic nitrogens is 5. The van der Waals surface area contributed by atoms with Crippen molar-refractivity contribution in [2.45, 2.75) is 27.3 Å². The molecule has 0 atom stereocenters. The monoisotopic (exact) mass is 309 g/mol. The van der Waals surface area contributed by atoms with Gasteiger partial charge in [-0.3, -0.25) is 4.79 Å². The fourth-order valence-corrected chi connectivity index (χ4v) is 2.59. The molecule has 6 nitrogen and oxygen atoms in total. The van der Waals surface area contributed by atoms with E-state index in [1.54, 1.807) is 0 Å². The van der Waals surface area contributed by atoms with Crippen molar-refractivity contribution >= 4 is 5.78 Å². The van der Waals surface area contributed by atoms with E-state index in [4.69, 9.17) is 0 Å². The number of carbonyl (C=O) groups excluding carboxylic acids is 1. The van der Waals surface area contributed by atoms with Crippen LogP contribution in [0.25, 0.3) is 11.4 Å². The Balaban J connectivity index is 1.83. The van der Waals surface area contributed by atoms with E-state index in [0.29, 0.717) is 11.4 Å². The third-order valence-electron chi connectivity index (χ3n) is 4.20. The van der Waals surface area contributed by atoms with Crippen molar-refractivity contribution in [2.24, 2.45) is 7.05 Å². The minimum Gasteiger partial charge on any atom is -0.351 e. The largest absolute Gasteiger partial charge is 0.351 e. The molecule has 0 aliphatic carbocycles. The van der Waals surface area contributed by atoms with Crippen molar-refractivity contribution in [1.82, 2.24) is 24.8 Å². The molecule has 6 heteroatoms. The molecular weight excluding hydrogens is 290 g/mol. The molecular formula is C17H19N5O. The van der Waals surface area contributed by atoms with E-state index in [0.717, 1.165) is 22.5 Å². The Bertz CT molecular complexity index is 875. The van der Waals surface area contributed by atoms with E-state index >= 15 is 0 Å². The Labute approximate surface area is 134 Å². The van der Waals surface area contributed by atoms with Crippen LogP contribution in [-0.2, 0) is 13.6 Å². The topological polar surface area (TPSA) is 65.6 Å². The van der Waals surface area contributed by atoms with Gasteiger partial charge < -0.3 is 4.57 Å². The second-order valence-corrected chi connectivity index (χ2v) is 5.73. The molecule has 0 saturated carbocycles. The highest BCUT2D eigenvalue weighted by atomic mass is 16.1. The molecule has 0 radical (unpaired) electrons. The summed E-state index contributed by atoms with van der Waals surface area (Å²) in [6.07, 6.45) is 0. The van der Waals surface area contributed by atoms with Gasteiger partial charge in [-0.1, -0.05) is 24.3 Å². The number of tetrazole rings is 1. The van der Waals surface area contributed by atoms with Crippen molar-refractivity contribution < 1.29 is 4.79 Å². The molecule has 2 aromatic heterocycles. The van der Waals surface area contributed by atoms with Crippen molar-refractivity contribution in [1.29, 1.82) is 0 Å².